The zero-order valence-electron chi connectivity index (χ0n) is 9.53. The number of benzene rings is 1. The quantitative estimate of drug-likeness (QED) is 0.794. The molecule has 1 aromatic carbocycles. The molecule has 0 aliphatic heterocycles. The second kappa shape index (κ2) is 4.23. The van der Waals surface area contributed by atoms with Crippen molar-refractivity contribution in [1.82, 2.24) is 0 Å². The SMILES string of the molecule is CC(C)c1ccc(NC2CC(N)C2)cc1. The number of hydrogen-bond acceptors (Lipinski definition) is 2. The van der Waals surface area contributed by atoms with E-state index in [1.54, 1.807) is 0 Å². The summed E-state index contributed by atoms with van der Waals surface area (Å²) < 4.78 is 0. The van der Waals surface area contributed by atoms with Crippen LogP contribution in [0.3, 0.4) is 0 Å². The van der Waals surface area contributed by atoms with Crippen molar-refractivity contribution < 1.29 is 0 Å². The molecule has 2 nitrogen and oxygen atoms in total. The molecule has 1 aromatic rings. The topological polar surface area (TPSA) is 38.0 Å². The van der Waals surface area contributed by atoms with Gasteiger partial charge in [0.15, 0.2) is 0 Å². The predicted octanol–water partition coefficient (Wildman–Crippen LogP) is 2.71. The Balaban J connectivity index is 1.92. The molecule has 2 heteroatoms. The van der Waals surface area contributed by atoms with Crippen molar-refractivity contribution in [1.29, 1.82) is 0 Å². The summed E-state index contributed by atoms with van der Waals surface area (Å²) >= 11 is 0. The van der Waals surface area contributed by atoms with Gasteiger partial charge in [0.05, 0.1) is 0 Å². The van der Waals surface area contributed by atoms with Crippen LogP contribution in [0.5, 0.6) is 0 Å². The zero-order chi connectivity index (χ0) is 10.8. The largest absolute Gasteiger partial charge is 0.382 e. The maximum absolute atomic E-state index is 5.75. The lowest BCUT2D eigenvalue weighted by atomic mass is 9.87. The average molecular weight is 204 g/mol. The van der Waals surface area contributed by atoms with Gasteiger partial charge in [0, 0.05) is 17.8 Å². The van der Waals surface area contributed by atoms with Crippen molar-refractivity contribution in [3.05, 3.63) is 29.8 Å². The van der Waals surface area contributed by atoms with Gasteiger partial charge in [-0.3, -0.25) is 0 Å². The minimum absolute atomic E-state index is 0.414. The fraction of sp³-hybridized carbons (Fsp3) is 0.538. The Bertz CT molecular complexity index is 310. The zero-order valence-corrected chi connectivity index (χ0v) is 9.53. The summed E-state index contributed by atoms with van der Waals surface area (Å²) in [6, 6.07) is 9.73. The van der Waals surface area contributed by atoms with Gasteiger partial charge in [-0.05, 0) is 36.5 Å². The first-order chi connectivity index (χ1) is 7.15. The van der Waals surface area contributed by atoms with Gasteiger partial charge in [0.2, 0.25) is 0 Å². The van der Waals surface area contributed by atoms with Crippen LogP contribution in [-0.4, -0.2) is 12.1 Å². The first-order valence-corrected chi connectivity index (χ1v) is 5.77. The minimum Gasteiger partial charge on any atom is -0.382 e. The van der Waals surface area contributed by atoms with Crippen LogP contribution in [0, 0.1) is 0 Å². The fourth-order valence-corrected chi connectivity index (χ4v) is 1.98. The molecule has 0 saturated heterocycles. The molecule has 0 spiro atoms. The van der Waals surface area contributed by atoms with Gasteiger partial charge < -0.3 is 11.1 Å². The summed E-state index contributed by atoms with van der Waals surface area (Å²) in [6.45, 7) is 4.43. The predicted molar refractivity (Wildman–Crippen MR) is 65.2 cm³/mol. The van der Waals surface area contributed by atoms with E-state index < -0.39 is 0 Å². The van der Waals surface area contributed by atoms with Gasteiger partial charge >= 0.3 is 0 Å². The van der Waals surface area contributed by atoms with E-state index >= 15 is 0 Å². The summed E-state index contributed by atoms with van der Waals surface area (Å²) in [5.74, 6) is 0.608. The highest BCUT2D eigenvalue weighted by atomic mass is 15.0. The number of rotatable bonds is 3. The monoisotopic (exact) mass is 204 g/mol. The Morgan fingerprint density at radius 3 is 2.27 bits per heavy atom. The van der Waals surface area contributed by atoms with E-state index in [1.807, 2.05) is 0 Å². The van der Waals surface area contributed by atoms with E-state index in [4.69, 9.17) is 5.73 Å². The summed E-state index contributed by atoms with van der Waals surface area (Å²) in [5, 5.41) is 3.49. The van der Waals surface area contributed by atoms with E-state index in [1.165, 1.54) is 11.3 Å². The summed E-state index contributed by atoms with van der Waals surface area (Å²) in [6.07, 6.45) is 2.21. The maximum atomic E-state index is 5.75. The van der Waals surface area contributed by atoms with Gasteiger partial charge in [-0.1, -0.05) is 26.0 Å². The van der Waals surface area contributed by atoms with E-state index in [9.17, 15) is 0 Å². The van der Waals surface area contributed by atoms with Crippen molar-refractivity contribution in [2.45, 2.75) is 44.7 Å². The Morgan fingerprint density at radius 1 is 1.20 bits per heavy atom. The maximum Gasteiger partial charge on any atom is 0.0342 e. The molecule has 2 rings (SSSR count). The lowest BCUT2D eigenvalue weighted by Crippen LogP contribution is -2.44. The van der Waals surface area contributed by atoms with Crippen LogP contribution in [0.4, 0.5) is 5.69 Å². The van der Waals surface area contributed by atoms with E-state index in [2.05, 4.69) is 43.4 Å². The van der Waals surface area contributed by atoms with Gasteiger partial charge in [-0.2, -0.15) is 0 Å². The molecule has 0 radical (unpaired) electrons. The highest BCUT2D eigenvalue weighted by molar-refractivity contribution is 5.46. The van der Waals surface area contributed by atoms with Crippen LogP contribution in [0.25, 0.3) is 0 Å². The fourth-order valence-electron chi connectivity index (χ4n) is 1.98. The second-order valence-electron chi connectivity index (χ2n) is 4.85. The number of nitrogens with one attached hydrogen (secondary N) is 1. The lowest BCUT2D eigenvalue weighted by Gasteiger charge is -2.33. The standard InChI is InChI=1S/C13H20N2/c1-9(2)10-3-5-12(6-4-10)15-13-7-11(14)8-13/h3-6,9,11,13,15H,7-8,14H2,1-2H3. The summed E-state index contributed by atoms with van der Waals surface area (Å²) in [7, 11) is 0. The third kappa shape index (κ3) is 2.51. The summed E-state index contributed by atoms with van der Waals surface area (Å²) in [4.78, 5) is 0. The molecule has 0 bridgehead atoms. The van der Waals surface area contributed by atoms with Gasteiger partial charge in [-0.25, -0.2) is 0 Å². The second-order valence-corrected chi connectivity index (χ2v) is 4.85. The van der Waals surface area contributed by atoms with Crippen molar-refractivity contribution in [2.24, 2.45) is 5.73 Å². The molecule has 1 aliphatic carbocycles. The van der Waals surface area contributed by atoms with Crippen LogP contribution in [0.1, 0.15) is 38.2 Å². The third-order valence-electron chi connectivity index (χ3n) is 3.12. The van der Waals surface area contributed by atoms with Gasteiger partial charge in [0.25, 0.3) is 0 Å². The Labute approximate surface area is 91.9 Å². The van der Waals surface area contributed by atoms with E-state index in [0.29, 0.717) is 18.0 Å². The summed E-state index contributed by atoms with van der Waals surface area (Å²) in [5.41, 5.74) is 8.36. The Hall–Kier alpha value is -1.02. The lowest BCUT2D eigenvalue weighted by molar-refractivity contribution is 0.373. The molecule has 1 saturated carbocycles. The molecular formula is C13H20N2. The first kappa shape index (κ1) is 10.5. The molecule has 3 N–H and O–H groups in total. The van der Waals surface area contributed by atoms with Crippen LogP contribution in [-0.2, 0) is 0 Å². The van der Waals surface area contributed by atoms with Crippen molar-refractivity contribution >= 4 is 5.69 Å². The Morgan fingerprint density at radius 2 is 1.80 bits per heavy atom. The molecule has 1 aliphatic rings. The highest BCUT2D eigenvalue weighted by Crippen LogP contribution is 2.23. The average Bonchev–Trinajstić information content (AvgIpc) is 2.16. The van der Waals surface area contributed by atoms with E-state index in [0.717, 1.165) is 12.8 Å². The van der Waals surface area contributed by atoms with Crippen molar-refractivity contribution in [2.75, 3.05) is 5.32 Å². The van der Waals surface area contributed by atoms with Crippen molar-refractivity contribution in [3.63, 3.8) is 0 Å². The molecule has 15 heavy (non-hydrogen) atoms. The number of nitrogens with two attached hydrogens (primary N) is 1. The normalized spacial score (nSPS) is 25.1. The number of anilines is 1. The molecule has 0 heterocycles. The molecule has 1 fully saturated rings. The molecule has 0 aromatic heterocycles. The Kier molecular flexibility index (Phi) is 2.96. The molecule has 0 unspecified atom stereocenters. The van der Waals surface area contributed by atoms with Crippen LogP contribution >= 0.6 is 0 Å². The number of hydrogen-bond donors (Lipinski definition) is 2. The molecular weight excluding hydrogens is 184 g/mol. The molecule has 82 valence electrons. The first-order valence-electron chi connectivity index (χ1n) is 5.77. The van der Waals surface area contributed by atoms with Crippen LogP contribution in [0.2, 0.25) is 0 Å². The van der Waals surface area contributed by atoms with Gasteiger partial charge in [-0.15, -0.1) is 0 Å². The molecule has 0 atom stereocenters. The van der Waals surface area contributed by atoms with Gasteiger partial charge in [0.1, 0.15) is 0 Å². The smallest absolute Gasteiger partial charge is 0.0342 e. The van der Waals surface area contributed by atoms with Crippen LogP contribution in [0.15, 0.2) is 24.3 Å². The highest BCUT2D eigenvalue weighted by Gasteiger charge is 2.25. The minimum atomic E-state index is 0.414. The van der Waals surface area contributed by atoms with Crippen molar-refractivity contribution in [3.8, 4) is 0 Å². The third-order valence-corrected chi connectivity index (χ3v) is 3.12. The van der Waals surface area contributed by atoms with Crippen LogP contribution < -0.4 is 11.1 Å². The molecule has 0 amide bonds. The van der Waals surface area contributed by atoms with E-state index in [-0.39, 0.29) is 0 Å².